The van der Waals surface area contributed by atoms with Crippen molar-refractivity contribution in [2.24, 2.45) is 14.1 Å². The van der Waals surface area contributed by atoms with E-state index in [-0.39, 0.29) is 35.6 Å². The summed E-state index contributed by atoms with van der Waals surface area (Å²) in [4.78, 5) is 24.8. The van der Waals surface area contributed by atoms with E-state index in [0.29, 0.717) is 11.6 Å². The van der Waals surface area contributed by atoms with Gasteiger partial charge in [0.1, 0.15) is 12.7 Å². The summed E-state index contributed by atoms with van der Waals surface area (Å²) in [5.41, 5.74) is -0.877. The third kappa shape index (κ3) is 26.9. The van der Waals surface area contributed by atoms with Gasteiger partial charge in [0.15, 0.2) is 11.1 Å². The van der Waals surface area contributed by atoms with Crippen LogP contribution in [0.4, 0.5) is 0 Å². The van der Waals surface area contributed by atoms with E-state index in [0.717, 1.165) is 9.48 Å². The van der Waals surface area contributed by atoms with Crippen LogP contribution >= 0.6 is 0 Å². The Labute approximate surface area is 249 Å². The van der Waals surface area contributed by atoms with Crippen LogP contribution in [-0.4, -0.2) is 77.8 Å². The van der Waals surface area contributed by atoms with Crippen LogP contribution in [0.15, 0.2) is 12.7 Å². The van der Waals surface area contributed by atoms with Gasteiger partial charge < -0.3 is 65.5 Å². The minimum atomic E-state index is -1.75. The van der Waals surface area contributed by atoms with Crippen molar-refractivity contribution in [2.75, 3.05) is 0 Å². The van der Waals surface area contributed by atoms with Crippen LogP contribution in [0.3, 0.4) is 0 Å². The second kappa shape index (κ2) is 20.0. The SMILES string of the molecule is Cn1cnnc1/C=[N+](\[O-])C(C)(C)C.Cn1cnnc1/C=[N+](\[O-])C(C)(C)C.O=[N+]([O-])[O-].O=[N+]([O-])[O-].O=[N+]([O-])[O-].[La+3]. The van der Waals surface area contributed by atoms with Gasteiger partial charge in [-0.05, 0) is 0 Å². The van der Waals surface area contributed by atoms with Gasteiger partial charge in [0.2, 0.25) is 24.1 Å². The smallest absolute Gasteiger partial charge is 0.623 e. The molecule has 39 heavy (non-hydrogen) atoms. The maximum Gasteiger partial charge on any atom is 3.00 e. The van der Waals surface area contributed by atoms with Gasteiger partial charge in [-0.3, -0.25) is 0 Å². The quantitative estimate of drug-likeness (QED) is 0.135. The van der Waals surface area contributed by atoms with E-state index < -0.39 is 26.3 Å². The van der Waals surface area contributed by atoms with Crippen LogP contribution < -0.4 is 0 Å². The average Bonchev–Trinajstić information content (AvgIpc) is 3.27. The van der Waals surface area contributed by atoms with E-state index >= 15 is 0 Å². The fourth-order valence-corrected chi connectivity index (χ4v) is 1.42. The number of hydroxylamine groups is 2. The molecule has 2 aromatic heterocycles. The summed E-state index contributed by atoms with van der Waals surface area (Å²) in [6.07, 6.45) is 5.99. The molecule has 0 amide bonds. The van der Waals surface area contributed by atoms with Gasteiger partial charge >= 0.3 is 35.6 Å². The summed E-state index contributed by atoms with van der Waals surface area (Å²) in [6, 6.07) is 0. The first-order chi connectivity index (χ1) is 17.0. The molecule has 0 radical (unpaired) electrons. The molecule has 0 unspecified atom stereocenters. The Morgan fingerprint density at radius 1 is 0.615 bits per heavy atom. The van der Waals surface area contributed by atoms with Crippen LogP contribution in [0.1, 0.15) is 53.2 Å². The molecule has 0 spiro atoms. The van der Waals surface area contributed by atoms with Gasteiger partial charge in [0, 0.05) is 55.6 Å². The van der Waals surface area contributed by atoms with Crippen molar-refractivity contribution in [3.8, 4) is 0 Å². The molecule has 2 rings (SSSR count). The monoisotopic (exact) mass is 689 g/mol. The Hall–Kier alpha value is -3.99. The van der Waals surface area contributed by atoms with Crippen molar-refractivity contribution in [2.45, 2.75) is 52.6 Å². The van der Waals surface area contributed by atoms with Crippen LogP contribution in [0.2, 0.25) is 0 Å². The third-order valence-electron chi connectivity index (χ3n) is 3.28. The molecule has 23 heteroatoms. The van der Waals surface area contributed by atoms with Gasteiger partial charge in [-0.1, -0.05) is 0 Å². The Kier molecular flexibility index (Phi) is 21.6. The summed E-state index contributed by atoms with van der Waals surface area (Å²) >= 11 is 0. The summed E-state index contributed by atoms with van der Waals surface area (Å²) < 4.78 is 5.13. The summed E-state index contributed by atoms with van der Waals surface area (Å²) in [5, 5.41) is 82.1. The van der Waals surface area contributed by atoms with E-state index in [1.165, 1.54) is 12.4 Å². The molecule has 0 bridgehead atoms. The Balaban J connectivity index is -0.000000220. The Morgan fingerprint density at radius 2 is 0.821 bits per heavy atom. The van der Waals surface area contributed by atoms with Crippen LogP contribution in [-0.2, 0) is 14.1 Å². The number of hydrogen-bond donors (Lipinski definition) is 0. The molecule has 0 aromatic carbocycles. The van der Waals surface area contributed by atoms with Gasteiger partial charge in [-0.2, -0.15) is 0 Å². The predicted octanol–water partition coefficient (Wildman–Crippen LogP) is 0.368. The molecule has 216 valence electrons. The van der Waals surface area contributed by atoms with Gasteiger partial charge in [-0.25, -0.2) is 9.48 Å². The number of hydrogen-bond acceptors (Lipinski definition) is 15. The van der Waals surface area contributed by atoms with E-state index in [1.807, 2.05) is 41.5 Å². The maximum atomic E-state index is 11.5. The van der Waals surface area contributed by atoms with E-state index in [1.54, 1.807) is 35.9 Å². The van der Waals surface area contributed by atoms with E-state index in [2.05, 4.69) is 20.4 Å². The zero-order valence-corrected chi connectivity index (χ0v) is 25.9. The van der Waals surface area contributed by atoms with Crippen molar-refractivity contribution in [1.29, 1.82) is 0 Å². The Bertz CT molecular complexity index is 966. The second-order valence-electron chi connectivity index (χ2n) is 8.52. The molecule has 0 saturated carbocycles. The Morgan fingerprint density at radius 3 is 0.949 bits per heavy atom. The molecule has 0 aliphatic heterocycles. The third-order valence-corrected chi connectivity index (χ3v) is 3.28. The largest absolute Gasteiger partial charge is 3.00 e. The molecule has 0 fully saturated rings. The minimum Gasteiger partial charge on any atom is -0.623 e. The van der Waals surface area contributed by atoms with Gasteiger partial charge in [0.05, 0.1) is 15.3 Å². The first kappa shape index (κ1) is 42.1. The number of rotatable bonds is 2. The topological polar surface area (TPSA) is 312 Å². The fraction of sp³-hybridized carbons (Fsp3) is 0.625. The van der Waals surface area contributed by atoms with Crippen molar-refractivity contribution >= 4 is 12.4 Å². The van der Waals surface area contributed by atoms with Crippen molar-refractivity contribution in [3.63, 3.8) is 0 Å². The summed E-state index contributed by atoms with van der Waals surface area (Å²) in [7, 11) is 3.59. The van der Waals surface area contributed by atoms with E-state index in [9.17, 15) is 10.4 Å². The van der Waals surface area contributed by atoms with Gasteiger partial charge in [0.25, 0.3) is 0 Å². The second-order valence-corrected chi connectivity index (χ2v) is 8.52. The zero-order chi connectivity index (χ0) is 30.9. The first-order valence-electron chi connectivity index (χ1n) is 9.77. The molecule has 0 aliphatic carbocycles. The summed E-state index contributed by atoms with van der Waals surface area (Å²) in [6.45, 7) is 11.0. The molecule has 22 nitrogen and oxygen atoms in total. The van der Waals surface area contributed by atoms with Crippen molar-refractivity contribution in [1.82, 2.24) is 29.5 Å². The molecular weight excluding hydrogens is 661 g/mol. The minimum absolute atomic E-state index is 0. The molecule has 0 N–H and O–H groups in total. The molecule has 2 aromatic rings. The first-order valence-corrected chi connectivity index (χ1v) is 9.77. The molecule has 0 saturated heterocycles. The number of nitrogens with zero attached hydrogens (tertiary/aromatic N) is 11. The molecule has 2 heterocycles. The standard InChI is InChI=1S/2C8H14N4O.La.3NO3/c2*1-8(2,3)12(13)5-7-10-9-6-11(7)4;;3*2-1(3)4/h2*5-6H,1-4H3;;;;/q;;+3;3*-1/b2*12-5-;;;;. The number of aromatic nitrogens is 6. The fourth-order valence-electron chi connectivity index (χ4n) is 1.42. The zero-order valence-electron chi connectivity index (χ0n) is 22.3. The van der Waals surface area contributed by atoms with Crippen LogP contribution in [0, 0.1) is 92.0 Å². The number of aryl methyl sites for hydroxylation is 2. The normalized spacial score (nSPS) is 10.8. The van der Waals surface area contributed by atoms with E-state index in [4.69, 9.17) is 46.0 Å². The van der Waals surface area contributed by atoms with Crippen LogP contribution in [0.25, 0.3) is 0 Å². The average molecular weight is 689 g/mol. The van der Waals surface area contributed by atoms with Crippen molar-refractivity contribution in [3.05, 3.63) is 80.7 Å². The molecular formula is C16H28LaN11O11. The molecule has 0 aliphatic rings. The van der Waals surface area contributed by atoms with Crippen LogP contribution in [0.5, 0.6) is 0 Å². The van der Waals surface area contributed by atoms with Crippen molar-refractivity contribution < 1.29 is 60.3 Å². The maximum absolute atomic E-state index is 11.5. The summed E-state index contributed by atoms with van der Waals surface area (Å²) in [5.74, 6) is 1.12. The van der Waals surface area contributed by atoms with Gasteiger partial charge in [-0.15, -0.1) is 20.4 Å². The molecule has 0 atom stereocenters. The predicted molar refractivity (Wildman–Crippen MR) is 130 cm³/mol.